The number of imidazole rings is 1. The number of carbonyl (C=O) groups excluding carboxylic acids is 1. The number of hydrogen-bond acceptors (Lipinski definition) is 1. The molecule has 0 fully saturated rings. The van der Waals surface area contributed by atoms with Crippen LogP contribution >= 0.6 is 0 Å². The van der Waals surface area contributed by atoms with Gasteiger partial charge in [-0.3, -0.25) is 0 Å². The number of carbonyl (C=O) groups is 1. The normalized spacial score (nSPS) is 10.2. The van der Waals surface area contributed by atoms with Crippen molar-refractivity contribution in [2.75, 3.05) is 0 Å². The molecule has 1 aromatic heterocycles. The first-order chi connectivity index (χ1) is 5.74. The Kier molecular flexibility index (Phi) is 3.02. The summed E-state index contributed by atoms with van der Waals surface area (Å²) < 4.78 is 4.11. The highest BCUT2D eigenvalue weighted by atomic mass is 16.1. The third kappa shape index (κ3) is 2.19. The molecule has 0 spiro atoms. The molecule has 1 aromatic rings. The van der Waals surface area contributed by atoms with E-state index in [2.05, 4.69) is 10.8 Å². The molecule has 1 heterocycles. The van der Waals surface area contributed by atoms with E-state index in [1.165, 1.54) is 5.69 Å². The average molecular weight is 167 g/mol. The number of aryl methyl sites for hydroxylation is 3. The van der Waals surface area contributed by atoms with Gasteiger partial charge in [0.25, 0.3) is 0 Å². The van der Waals surface area contributed by atoms with Crippen molar-refractivity contribution in [2.24, 2.45) is 14.1 Å². The molecule has 3 nitrogen and oxygen atoms in total. The minimum Gasteiger partial charge on any atom is -0.303 e. The molecule has 0 amide bonds. The summed E-state index contributed by atoms with van der Waals surface area (Å²) in [6, 6.07) is 0. The molecule has 0 radical (unpaired) electrons. The van der Waals surface area contributed by atoms with Gasteiger partial charge in [0.2, 0.25) is 6.33 Å². The van der Waals surface area contributed by atoms with Gasteiger partial charge < -0.3 is 4.79 Å². The summed E-state index contributed by atoms with van der Waals surface area (Å²) in [5.74, 6) is 0. The van der Waals surface area contributed by atoms with Gasteiger partial charge in [0, 0.05) is 12.8 Å². The maximum absolute atomic E-state index is 10.1. The summed E-state index contributed by atoms with van der Waals surface area (Å²) >= 11 is 0. The minimum atomic E-state index is 0.662. The van der Waals surface area contributed by atoms with Crippen molar-refractivity contribution in [3.63, 3.8) is 0 Å². The van der Waals surface area contributed by atoms with Crippen LogP contribution in [-0.4, -0.2) is 10.9 Å². The zero-order valence-corrected chi connectivity index (χ0v) is 7.66. The highest BCUT2D eigenvalue weighted by Gasteiger charge is 2.05. The van der Waals surface area contributed by atoms with Crippen LogP contribution in [0.25, 0.3) is 0 Å². The number of unbranched alkanes of at least 4 members (excludes halogenated alkanes) is 1. The van der Waals surface area contributed by atoms with Gasteiger partial charge in [-0.05, 0) is 6.42 Å². The molecule has 0 aliphatic heterocycles. The van der Waals surface area contributed by atoms with Crippen molar-refractivity contribution < 1.29 is 9.36 Å². The van der Waals surface area contributed by atoms with E-state index >= 15 is 0 Å². The number of rotatable bonds is 4. The predicted molar refractivity (Wildman–Crippen MR) is 45.6 cm³/mol. The van der Waals surface area contributed by atoms with E-state index in [0.29, 0.717) is 6.42 Å². The van der Waals surface area contributed by atoms with E-state index in [9.17, 15) is 4.79 Å². The zero-order valence-electron chi connectivity index (χ0n) is 7.66. The Morgan fingerprint density at radius 2 is 2.42 bits per heavy atom. The highest BCUT2D eigenvalue weighted by Crippen LogP contribution is 1.97. The van der Waals surface area contributed by atoms with E-state index in [1.54, 1.807) is 0 Å². The molecule has 0 aromatic carbocycles. The van der Waals surface area contributed by atoms with Crippen LogP contribution in [0, 0.1) is 0 Å². The van der Waals surface area contributed by atoms with Gasteiger partial charge in [0.1, 0.15) is 18.2 Å². The lowest BCUT2D eigenvalue weighted by atomic mass is 10.2. The molecular weight excluding hydrogens is 152 g/mol. The van der Waals surface area contributed by atoms with Crippen LogP contribution in [0.15, 0.2) is 12.5 Å². The van der Waals surface area contributed by atoms with Crippen LogP contribution in [0.3, 0.4) is 0 Å². The monoisotopic (exact) mass is 167 g/mol. The molecule has 0 unspecified atom stereocenters. The Bertz CT molecular complexity index is 265. The van der Waals surface area contributed by atoms with Gasteiger partial charge in [0.05, 0.1) is 14.1 Å². The highest BCUT2D eigenvalue weighted by molar-refractivity contribution is 5.49. The van der Waals surface area contributed by atoms with Crippen LogP contribution in [0.1, 0.15) is 18.5 Å². The molecule has 66 valence electrons. The lowest BCUT2D eigenvalue weighted by Gasteiger charge is -1.91. The summed E-state index contributed by atoms with van der Waals surface area (Å²) in [6.07, 6.45) is 7.68. The molecule has 0 N–H and O–H groups in total. The van der Waals surface area contributed by atoms with E-state index in [0.717, 1.165) is 19.1 Å². The molecule has 0 atom stereocenters. The number of aromatic nitrogens is 2. The lowest BCUT2D eigenvalue weighted by Crippen LogP contribution is -2.30. The largest absolute Gasteiger partial charge is 0.303 e. The van der Waals surface area contributed by atoms with Crippen LogP contribution < -0.4 is 4.57 Å². The lowest BCUT2D eigenvalue weighted by molar-refractivity contribution is -0.678. The van der Waals surface area contributed by atoms with Gasteiger partial charge in [0.15, 0.2) is 0 Å². The Balaban J connectivity index is 2.50. The van der Waals surface area contributed by atoms with Crippen molar-refractivity contribution in [3.05, 3.63) is 18.2 Å². The topological polar surface area (TPSA) is 25.9 Å². The summed E-state index contributed by atoms with van der Waals surface area (Å²) in [7, 11) is 4.03. The molecule has 0 aliphatic rings. The third-order valence-corrected chi connectivity index (χ3v) is 1.92. The maximum atomic E-state index is 10.1. The third-order valence-electron chi connectivity index (χ3n) is 1.92. The van der Waals surface area contributed by atoms with Crippen molar-refractivity contribution in [3.8, 4) is 0 Å². The molecule has 0 saturated carbocycles. The first kappa shape index (κ1) is 8.97. The number of hydrogen-bond donors (Lipinski definition) is 0. The van der Waals surface area contributed by atoms with E-state index in [4.69, 9.17) is 0 Å². The van der Waals surface area contributed by atoms with Crippen molar-refractivity contribution in [1.29, 1.82) is 0 Å². The number of nitrogens with zero attached hydrogens (tertiary/aromatic N) is 2. The van der Waals surface area contributed by atoms with Crippen molar-refractivity contribution >= 4 is 6.29 Å². The van der Waals surface area contributed by atoms with Crippen LogP contribution in [-0.2, 0) is 25.3 Å². The Morgan fingerprint density at radius 3 is 2.92 bits per heavy atom. The molecule has 1 rings (SSSR count). The standard InChI is InChI=1S/C9H15N2O/c1-10-7-9(11(2)8-10)5-3-4-6-12/h6-8H,3-5H2,1-2H3/q+1. The van der Waals surface area contributed by atoms with Gasteiger partial charge >= 0.3 is 0 Å². The second kappa shape index (κ2) is 4.04. The van der Waals surface area contributed by atoms with Crippen LogP contribution in [0.4, 0.5) is 0 Å². The SMILES string of the molecule is Cn1cc(CCCC=O)[n+](C)c1. The first-order valence-corrected chi connectivity index (χ1v) is 4.18. The fraction of sp³-hybridized carbons (Fsp3) is 0.556. The Labute approximate surface area is 72.6 Å². The Hall–Kier alpha value is -1.12. The molecule has 12 heavy (non-hydrogen) atoms. The predicted octanol–water partition coefficient (Wildman–Crippen LogP) is 0.371. The molecule has 3 heteroatoms. The zero-order chi connectivity index (χ0) is 8.97. The summed E-state index contributed by atoms with van der Waals surface area (Å²) in [6.45, 7) is 0. The van der Waals surface area contributed by atoms with E-state index in [1.807, 2.05) is 25.0 Å². The fourth-order valence-electron chi connectivity index (χ4n) is 1.31. The van der Waals surface area contributed by atoms with E-state index in [-0.39, 0.29) is 0 Å². The Morgan fingerprint density at radius 1 is 1.67 bits per heavy atom. The van der Waals surface area contributed by atoms with Gasteiger partial charge in [-0.15, -0.1) is 0 Å². The molecule has 0 aliphatic carbocycles. The van der Waals surface area contributed by atoms with Crippen molar-refractivity contribution in [2.45, 2.75) is 19.3 Å². The van der Waals surface area contributed by atoms with E-state index < -0.39 is 0 Å². The average Bonchev–Trinajstić information content (AvgIpc) is 2.31. The smallest absolute Gasteiger partial charge is 0.243 e. The molecule has 0 saturated heterocycles. The minimum absolute atomic E-state index is 0.662. The quantitative estimate of drug-likeness (QED) is 0.361. The second-order valence-electron chi connectivity index (χ2n) is 3.07. The maximum Gasteiger partial charge on any atom is 0.243 e. The summed E-state index contributed by atoms with van der Waals surface area (Å²) in [5, 5.41) is 0. The molecular formula is C9H15N2O+. The van der Waals surface area contributed by atoms with Crippen LogP contribution in [0.5, 0.6) is 0 Å². The van der Waals surface area contributed by atoms with Crippen LogP contribution in [0.2, 0.25) is 0 Å². The summed E-state index contributed by atoms with van der Waals surface area (Å²) in [4.78, 5) is 10.1. The first-order valence-electron chi connectivity index (χ1n) is 4.18. The van der Waals surface area contributed by atoms with Crippen molar-refractivity contribution in [1.82, 2.24) is 4.57 Å². The van der Waals surface area contributed by atoms with Gasteiger partial charge in [-0.2, -0.15) is 0 Å². The number of aldehydes is 1. The summed E-state index contributed by atoms with van der Waals surface area (Å²) in [5.41, 5.74) is 1.28. The fourth-order valence-corrected chi connectivity index (χ4v) is 1.31. The molecule has 0 bridgehead atoms. The van der Waals surface area contributed by atoms with Gasteiger partial charge in [-0.1, -0.05) is 0 Å². The second-order valence-corrected chi connectivity index (χ2v) is 3.07. The van der Waals surface area contributed by atoms with Gasteiger partial charge in [-0.25, -0.2) is 9.13 Å².